The Balaban J connectivity index is 1.48. The van der Waals surface area contributed by atoms with Gasteiger partial charge < -0.3 is 10.0 Å². The summed E-state index contributed by atoms with van der Waals surface area (Å²) in [6, 6.07) is 0.0564. The molecule has 3 rings (SSSR count). The van der Waals surface area contributed by atoms with E-state index in [1.807, 2.05) is 4.90 Å². The molecule has 1 saturated carbocycles. The van der Waals surface area contributed by atoms with Gasteiger partial charge in [-0.25, -0.2) is 9.48 Å². The summed E-state index contributed by atoms with van der Waals surface area (Å²) in [6.07, 6.45) is 8.23. The first-order valence-corrected chi connectivity index (χ1v) is 7.56. The van der Waals surface area contributed by atoms with Gasteiger partial charge in [-0.05, 0) is 18.8 Å². The minimum absolute atomic E-state index is 0.0537. The zero-order valence-corrected chi connectivity index (χ0v) is 11.9. The van der Waals surface area contributed by atoms with Gasteiger partial charge in [-0.15, -0.1) is 5.10 Å². The van der Waals surface area contributed by atoms with E-state index in [2.05, 4.69) is 10.3 Å². The van der Waals surface area contributed by atoms with Gasteiger partial charge in [-0.1, -0.05) is 24.5 Å². The fourth-order valence-electron chi connectivity index (χ4n) is 3.15. The molecule has 2 heterocycles. The number of hydrogen-bond acceptors (Lipinski definition) is 4. The third-order valence-electron chi connectivity index (χ3n) is 4.51. The Morgan fingerprint density at radius 3 is 2.57 bits per heavy atom. The van der Waals surface area contributed by atoms with Crippen LogP contribution in [-0.4, -0.2) is 50.0 Å². The fraction of sp³-hybridized carbons (Fsp3) is 0.714. The van der Waals surface area contributed by atoms with Crippen LogP contribution in [0.4, 0.5) is 0 Å². The van der Waals surface area contributed by atoms with Crippen molar-refractivity contribution in [1.29, 1.82) is 0 Å². The van der Waals surface area contributed by atoms with Crippen molar-refractivity contribution in [3.05, 3.63) is 11.9 Å². The first kappa shape index (κ1) is 14.0. The summed E-state index contributed by atoms with van der Waals surface area (Å²) >= 11 is 0. The quantitative estimate of drug-likeness (QED) is 0.904. The first-order chi connectivity index (χ1) is 10.1. The Morgan fingerprint density at radius 1 is 1.24 bits per heavy atom. The molecular formula is C14H20N4O3. The van der Waals surface area contributed by atoms with Crippen LogP contribution < -0.4 is 0 Å². The second-order valence-corrected chi connectivity index (χ2v) is 6.05. The van der Waals surface area contributed by atoms with Crippen molar-refractivity contribution in [2.45, 2.75) is 44.6 Å². The van der Waals surface area contributed by atoms with Crippen LogP contribution in [0.2, 0.25) is 0 Å². The van der Waals surface area contributed by atoms with Gasteiger partial charge in [0.1, 0.15) is 0 Å². The Morgan fingerprint density at radius 2 is 1.95 bits per heavy atom. The highest BCUT2D eigenvalue weighted by Crippen LogP contribution is 2.29. The Labute approximate surface area is 122 Å². The van der Waals surface area contributed by atoms with Gasteiger partial charge >= 0.3 is 5.97 Å². The molecule has 2 fully saturated rings. The molecule has 0 aromatic carbocycles. The molecule has 1 amide bonds. The van der Waals surface area contributed by atoms with Crippen LogP contribution in [0.25, 0.3) is 0 Å². The van der Waals surface area contributed by atoms with E-state index < -0.39 is 5.97 Å². The molecule has 7 heteroatoms. The number of carbonyl (C=O) groups is 2. The maximum Gasteiger partial charge on any atom is 0.358 e. The van der Waals surface area contributed by atoms with E-state index in [1.54, 1.807) is 4.68 Å². The molecule has 0 spiro atoms. The molecule has 0 radical (unpaired) electrons. The van der Waals surface area contributed by atoms with E-state index in [9.17, 15) is 9.59 Å². The maximum atomic E-state index is 12.2. The van der Waals surface area contributed by atoms with Gasteiger partial charge in [-0.3, -0.25) is 4.79 Å². The molecule has 0 atom stereocenters. The molecule has 2 aliphatic rings. The highest BCUT2D eigenvalue weighted by atomic mass is 16.4. The summed E-state index contributed by atoms with van der Waals surface area (Å²) in [4.78, 5) is 24.8. The normalized spacial score (nSPS) is 20.3. The first-order valence-electron chi connectivity index (χ1n) is 7.56. The van der Waals surface area contributed by atoms with Crippen LogP contribution in [-0.2, 0) is 4.79 Å². The highest BCUT2D eigenvalue weighted by molar-refractivity contribution is 5.84. The van der Waals surface area contributed by atoms with E-state index in [0.717, 1.165) is 0 Å². The molecule has 7 nitrogen and oxygen atoms in total. The van der Waals surface area contributed by atoms with Crippen molar-refractivity contribution in [3.8, 4) is 0 Å². The third-order valence-corrected chi connectivity index (χ3v) is 4.51. The number of amides is 1. The summed E-state index contributed by atoms with van der Waals surface area (Å²) in [5.74, 6) is -0.308. The lowest BCUT2D eigenvalue weighted by Gasteiger charge is -2.39. The SMILES string of the molecule is O=C(O)c1cn(C2CN(C(=O)CC3CCCCC3)C2)nn1. The predicted molar refractivity (Wildman–Crippen MR) is 73.8 cm³/mol. The number of aromatic carboxylic acids is 1. The second-order valence-electron chi connectivity index (χ2n) is 6.05. The number of likely N-dealkylation sites (tertiary alicyclic amines) is 1. The summed E-state index contributed by atoms with van der Waals surface area (Å²) in [5, 5.41) is 16.2. The summed E-state index contributed by atoms with van der Waals surface area (Å²) < 4.78 is 1.55. The van der Waals surface area contributed by atoms with Gasteiger partial charge in [0.2, 0.25) is 5.91 Å². The van der Waals surface area contributed by atoms with Crippen LogP contribution in [0.15, 0.2) is 6.20 Å². The predicted octanol–water partition coefficient (Wildman–Crippen LogP) is 1.33. The molecule has 21 heavy (non-hydrogen) atoms. The average molecular weight is 292 g/mol. The Bertz CT molecular complexity index is 530. The zero-order valence-electron chi connectivity index (χ0n) is 11.9. The van der Waals surface area contributed by atoms with Gasteiger partial charge in [0.15, 0.2) is 5.69 Å². The zero-order chi connectivity index (χ0) is 14.8. The highest BCUT2D eigenvalue weighted by Gasteiger charge is 2.34. The lowest BCUT2D eigenvalue weighted by atomic mass is 9.86. The van der Waals surface area contributed by atoms with Crippen LogP contribution >= 0.6 is 0 Å². The number of rotatable bonds is 4. The number of nitrogens with zero attached hydrogens (tertiary/aromatic N) is 4. The summed E-state index contributed by atoms with van der Waals surface area (Å²) in [5.41, 5.74) is -0.0537. The van der Waals surface area contributed by atoms with E-state index >= 15 is 0 Å². The molecule has 0 bridgehead atoms. The molecule has 0 unspecified atom stereocenters. The number of carboxylic acids is 1. The van der Waals surface area contributed by atoms with Crippen molar-refractivity contribution < 1.29 is 14.7 Å². The molecule has 1 saturated heterocycles. The van der Waals surface area contributed by atoms with Crippen molar-refractivity contribution in [3.63, 3.8) is 0 Å². The second kappa shape index (κ2) is 5.83. The number of hydrogen-bond donors (Lipinski definition) is 1. The van der Waals surface area contributed by atoms with Crippen molar-refractivity contribution in [1.82, 2.24) is 19.9 Å². The van der Waals surface area contributed by atoms with Gasteiger partial charge in [0.05, 0.1) is 12.2 Å². The maximum absolute atomic E-state index is 12.2. The molecule has 1 aromatic heterocycles. The third kappa shape index (κ3) is 3.06. The van der Waals surface area contributed by atoms with Gasteiger partial charge in [0, 0.05) is 19.5 Å². The van der Waals surface area contributed by atoms with Crippen LogP contribution in [0, 0.1) is 5.92 Å². The van der Waals surface area contributed by atoms with Crippen molar-refractivity contribution in [2.24, 2.45) is 5.92 Å². The van der Waals surface area contributed by atoms with Crippen LogP contribution in [0.3, 0.4) is 0 Å². The number of carboxylic acid groups (broad SMARTS) is 1. The molecule has 114 valence electrons. The Hall–Kier alpha value is -1.92. The van der Waals surface area contributed by atoms with Crippen molar-refractivity contribution in [2.75, 3.05) is 13.1 Å². The van der Waals surface area contributed by atoms with Crippen LogP contribution in [0.5, 0.6) is 0 Å². The minimum atomic E-state index is -1.08. The van der Waals surface area contributed by atoms with Crippen LogP contribution in [0.1, 0.15) is 55.1 Å². The number of aromatic nitrogens is 3. The van der Waals surface area contributed by atoms with E-state index in [0.29, 0.717) is 25.4 Å². The lowest BCUT2D eigenvalue weighted by molar-refractivity contribution is -0.138. The minimum Gasteiger partial charge on any atom is -0.476 e. The summed E-state index contributed by atoms with van der Waals surface area (Å²) in [6.45, 7) is 1.21. The topological polar surface area (TPSA) is 88.3 Å². The van der Waals surface area contributed by atoms with E-state index in [1.165, 1.54) is 38.3 Å². The van der Waals surface area contributed by atoms with Crippen molar-refractivity contribution >= 4 is 11.9 Å². The van der Waals surface area contributed by atoms with E-state index in [-0.39, 0.29) is 17.6 Å². The molecular weight excluding hydrogens is 272 g/mol. The standard InChI is InChI=1S/C14H20N4O3/c19-13(6-10-4-2-1-3-5-10)17-7-11(8-17)18-9-12(14(20)21)15-16-18/h9-11H,1-8H2,(H,20,21). The van der Waals surface area contributed by atoms with Gasteiger partial charge in [0.25, 0.3) is 0 Å². The number of carbonyl (C=O) groups excluding carboxylic acids is 1. The molecule has 1 aliphatic heterocycles. The lowest BCUT2D eigenvalue weighted by Crippen LogP contribution is -2.51. The molecule has 1 N–H and O–H groups in total. The van der Waals surface area contributed by atoms with E-state index in [4.69, 9.17) is 5.11 Å². The summed E-state index contributed by atoms with van der Waals surface area (Å²) in [7, 11) is 0. The average Bonchev–Trinajstić information content (AvgIpc) is 2.88. The Kier molecular flexibility index (Phi) is 3.90. The largest absolute Gasteiger partial charge is 0.476 e. The fourth-order valence-corrected chi connectivity index (χ4v) is 3.15. The smallest absolute Gasteiger partial charge is 0.358 e. The molecule has 1 aliphatic carbocycles. The molecule has 1 aromatic rings. The van der Waals surface area contributed by atoms with Gasteiger partial charge in [-0.2, -0.15) is 0 Å². The monoisotopic (exact) mass is 292 g/mol.